The van der Waals surface area contributed by atoms with Gasteiger partial charge in [0.15, 0.2) is 5.58 Å². The number of furan rings is 2. The summed E-state index contributed by atoms with van der Waals surface area (Å²) in [6.07, 6.45) is 0. The Morgan fingerprint density at radius 2 is 0.859 bits per heavy atom. The monoisotopic (exact) mass is 817 g/mol. The lowest BCUT2D eigenvalue weighted by Crippen LogP contribution is -2.28. The first-order chi connectivity index (χ1) is 31.7. The molecule has 3 heteroatoms. The van der Waals surface area contributed by atoms with Crippen LogP contribution in [0.5, 0.6) is 0 Å². The van der Waals surface area contributed by atoms with Gasteiger partial charge in [-0.2, -0.15) is 0 Å². The Balaban J connectivity index is 0.917. The van der Waals surface area contributed by atoms with Crippen molar-refractivity contribution in [2.45, 2.75) is 5.41 Å². The number of hydrogen-bond donors (Lipinski definition) is 0. The average molecular weight is 818 g/mol. The summed E-state index contributed by atoms with van der Waals surface area (Å²) in [6.45, 7) is 0. The van der Waals surface area contributed by atoms with Crippen molar-refractivity contribution in [2.24, 2.45) is 0 Å². The van der Waals surface area contributed by atoms with Gasteiger partial charge in [0.1, 0.15) is 16.7 Å². The lowest BCUT2D eigenvalue weighted by Gasteiger charge is -2.33. The van der Waals surface area contributed by atoms with Crippen molar-refractivity contribution in [2.75, 3.05) is 4.90 Å². The van der Waals surface area contributed by atoms with Gasteiger partial charge in [0.2, 0.25) is 0 Å². The van der Waals surface area contributed by atoms with E-state index in [1.165, 1.54) is 44.5 Å². The topological polar surface area (TPSA) is 29.5 Å². The molecular formula is C61H39NO2. The van der Waals surface area contributed by atoms with Crippen LogP contribution in [-0.4, -0.2) is 0 Å². The van der Waals surface area contributed by atoms with E-state index in [1.54, 1.807) is 0 Å². The highest BCUT2D eigenvalue weighted by Gasteiger charge is 2.46. The maximum absolute atomic E-state index is 6.87. The number of rotatable bonds is 7. The molecule has 13 rings (SSSR count). The lowest BCUT2D eigenvalue weighted by atomic mass is 9.67. The number of anilines is 3. The molecule has 0 saturated carbocycles. The average Bonchev–Trinajstić information content (AvgIpc) is 4.03. The molecule has 0 bridgehead atoms. The third-order valence-electron chi connectivity index (χ3n) is 13.4. The molecule has 2 aromatic heterocycles. The molecule has 64 heavy (non-hydrogen) atoms. The Morgan fingerprint density at radius 1 is 0.312 bits per heavy atom. The first-order valence-electron chi connectivity index (χ1n) is 21.9. The maximum atomic E-state index is 6.87. The van der Waals surface area contributed by atoms with Gasteiger partial charge in [-0.05, 0) is 116 Å². The van der Waals surface area contributed by atoms with Gasteiger partial charge in [0.25, 0.3) is 0 Å². The van der Waals surface area contributed by atoms with Crippen molar-refractivity contribution in [3.05, 3.63) is 259 Å². The summed E-state index contributed by atoms with van der Waals surface area (Å²) in [4.78, 5) is 2.30. The van der Waals surface area contributed by atoms with Crippen molar-refractivity contribution in [1.82, 2.24) is 0 Å². The number of para-hydroxylation sites is 2. The largest absolute Gasteiger partial charge is 0.456 e. The number of hydrogen-bond acceptors (Lipinski definition) is 3. The van der Waals surface area contributed by atoms with Crippen molar-refractivity contribution < 1.29 is 8.83 Å². The molecule has 0 atom stereocenters. The molecule has 0 fully saturated rings. The van der Waals surface area contributed by atoms with Crippen LogP contribution in [0.2, 0.25) is 0 Å². The normalized spacial score (nSPS) is 12.8. The lowest BCUT2D eigenvalue weighted by molar-refractivity contribution is 0.666. The molecule has 12 aromatic rings. The smallest absolute Gasteiger partial charge is 0.159 e. The molecule has 10 aromatic carbocycles. The van der Waals surface area contributed by atoms with E-state index in [2.05, 4.69) is 229 Å². The minimum atomic E-state index is -0.484. The molecule has 0 saturated heterocycles. The van der Waals surface area contributed by atoms with Gasteiger partial charge in [-0.25, -0.2) is 0 Å². The molecule has 0 spiro atoms. The van der Waals surface area contributed by atoms with Crippen LogP contribution in [0.4, 0.5) is 17.1 Å². The predicted molar refractivity (Wildman–Crippen MR) is 264 cm³/mol. The van der Waals surface area contributed by atoms with Crippen molar-refractivity contribution in [3.8, 4) is 33.4 Å². The van der Waals surface area contributed by atoms with Crippen LogP contribution in [-0.2, 0) is 5.41 Å². The SMILES string of the molecule is c1ccc(-c2ccc(N(c3ccc(-c4ccc5c(c4)oc4cc6c(cc45)-c4ccccc4C6(c4ccccc4)c4ccccc4)cc3)c3cccc4c3oc3ccccc34)cc2)cc1. The molecule has 0 radical (unpaired) electrons. The molecule has 1 aliphatic rings. The standard InChI is InChI=1S/C61H39NO2/c1-4-15-40(16-5-1)41-27-32-46(33-28-41)62(56-25-14-23-51-49-22-11-13-26-57(49)64-60(51)56)47-34-29-42(30-35-47)43-31-36-50-53-38-52-48-21-10-12-24-54(48)61(44-17-6-2-7-18-44,45-19-8-3-9-20-45)55(52)39-59(53)63-58(50)37-43/h1-39H. The van der Waals surface area contributed by atoms with Gasteiger partial charge in [-0.3, -0.25) is 0 Å². The summed E-state index contributed by atoms with van der Waals surface area (Å²) in [5, 5.41) is 4.43. The Hall–Kier alpha value is -8.40. The summed E-state index contributed by atoms with van der Waals surface area (Å²) in [6, 6.07) is 84.9. The molecule has 1 aliphatic carbocycles. The summed E-state index contributed by atoms with van der Waals surface area (Å²) in [5.74, 6) is 0. The van der Waals surface area contributed by atoms with E-state index in [0.29, 0.717) is 0 Å². The highest BCUT2D eigenvalue weighted by atomic mass is 16.3. The molecule has 0 amide bonds. The van der Waals surface area contributed by atoms with E-state index >= 15 is 0 Å². The van der Waals surface area contributed by atoms with E-state index in [0.717, 1.165) is 72.1 Å². The van der Waals surface area contributed by atoms with Crippen LogP contribution in [0.1, 0.15) is 22.3 Å². The second kappa shape index (κ2) is 14.3. The Labute approximate surface area is 370 Å². The second-order valence-electron chi connectivity index (χ2n) is 16.8. The van der Waals surface area contributed by atoms with Crippen LogP contribution in [0.3, 0.4) is 0 Å². The third-order valence-corrected chi connectivity index (χ3v) is 13.4. The van der Waals surface area contributed by atoms with Crippen molar-refractivity contribution in [3.63, 3.8) is 0 Å². The van der Waals surface area contributed by atoms with E-state index < -0.39 is 5.41 Å². The Kier molecular flexibility index (Phi) is 8.13. The van der Waals surface area contributed by atoms with Gasteiger partial charge < -0.3 is 13.7 Å². The van der Waals surface area contributed by atoms with Crippen LogP contribution in [0.25, 0.3) is 77.3 Å². The minimum Gasteiger partial charge on any atom is -0.456 e. The van der Waals surface area contributed by atoms with Crippen molar-refractivity contribution >= 4 is 60.9 Å². The Bertz CT molecular complexity index is 3660. The summed E-state index contributed by atoms with van der Waals surface area (Å²) in [5.41, 5.74) is 18.1. The van der Waals surface area contributed by atoms with Crippen molar-refractivity contribution in [1.29, 1.82) is 0 Å². The highest BCUT2D eigenvalue weighted by molar-refractivity contribution is 6.11. The molecule has 0 unspecified atom stereocenters. The number of benzene rings is 10. The maximum Gasteiger partial charge on any atom is 0.159 e. The molecule has 0 aliphatic heterocycles. The van der Waals surface area contributed by atoms with Crippen LogP contribution < -0.4 is 4.90 Å². The van der Waals surface area contributed by atoms with E-state index in [-0.39, 0.29) is 0 Å². The van der Waals surface area contributed by atoms with E-state index in [4.69, 9.17) is 8.83 Å². The zero-order chi connectivity index (χ0) is 42.2. The van der Waals surface area contributed by atoms with Gasteiger partial charge in [-0.15, -0.1) is 0 Å². The minimum absolute atomic E-state index is 0.484. The van der Waals surface area contributed by atoms with Crippen LogP contribution in [0, 0.1) is 0 Å². The first kappa shape index (κ1) is 36.3. The second-order valence-corrected chi connectivity index (χ2v) is 16.8. The fraction of sp³-hybridized carbons (Fsp3) is 0.0164. The summed E-state index contributed by atoms with van der Waals surface area (Å²) < 4.78 is 13.5. The summed E-state index contributed by atoms with van der Waals surface area (Å²) in [7, 11) is 0. The zero-order valence-electron chi connectivity index (χ0n) is 34.8. The van der Waals surface area contributed by atoms with E-state index in [9.17, 15) is 0 Å². The van der Waals surface area contributed by atoms with Crippen LogP contribution >= 0.6 is 0 Å². The molecule has 0 N–H and O–H groups in total. The molecule has 2 heterocycles. The van der Waals surface area contributed by atoms with Gasteiger partial charge in [-0.1, -0.05) is 176 Å². The molecular weight excluding hydrogens is 779 g/mol. The summed E-state index contributed by atoms with van der Waals surface area (Å²) >= 11 is 0. The van der Waals surface area contributed by atoms with Gasteiger partial charge >= 0.3 is 0 Å². The highest BCUT2D eigenvalue weighted by Crippen LogP contribution is 2.57. The molecule has 300 valence electrons. The predicted octanol–water partition coefficient (Wildman–Crippen LogP) is 16.7. The zero-order valence-corrected chi connectivity index (χ0v) is 34.8. The van der Waals surface area contributed by atoms with E-state index in [1.807, 2.05) is 12.1 Å². The fourth-order valence-corrected chi connectivity index (χ4v) is 10.5. The number of fused-ring (bicyclic) bond motifs is 9. The fourth-order valence-electron chi connectivity index (χ4n) is 10.5. The van der Waals surface area contributed by atoms with Gasteiger partial charge in [0, 0.05) is 32.9 Å². The third kappa shape index (κ3) is 5.47. The van der Waals surface area contributed by atoms with Gasteiger partial charge in [0.05, 0.1) is 11.1 Å². The number of nitrogens with zero attached hydrogens (tertiary/aromatic N) is 1. The first-order valence-corrected chi connectivity index (χ1v) is 21.9. The molecule has 3 nitrogen and oxygen atoms in total. The quantitative estimate of drug-likeness (QED) is 0.160. The Morgan fingerprint density at radius 3 is 1.58 bits per heavy atom. The van der Waals surface area contributed by atoms with Crippen LogP contribution in [0.15, 0.2) is 245 Å².